The minimum atomic E-state index is -0.248. The fourth-order valence-electron chi connectivity index (χ4n) is 3.14. The van der Waals surface area contributed by atoms with Crippen LogP contribution in [-0.4, -0.2) is 31.6 Å². The van der Waals surface area contributed by atoms with Crippen LogP contribution in [0.3, 0.4) is 0 Å². The molecule has 1 aliphatic heterocycles. The molecule has 1 atom stereocenters. The number of ether oxygens (including phenoxy) is 1. The van der Waals surface area contributed by atoms with Gasteiger partial charge in [-0.25, -0.2) is 4.79 Å². The number of nitrogens with zero attached hydrogens (tertiary/aromatic N) is 1. The summed E-state index contributed by atoms with van der Waals surface area (Å²) >= 11 is 5.85. The lowest BCUT2D eigenvalue weighted by Gasteiger charge is -2.17. The Morgan fingerprint density at radius 2 is 1.86 bits per heavy atom. The lowest BCUT2D eigenvalue weighted by molar-refractivity contribution is -0.117. The van der Waals surface area contributed by atoms with Crippen LogP contribution in [0.15, 0.2) is 48.5 Å². The number of halogens is 1. The van der Waals surface area contributed by atoms with Crippen molar-refractivity contribution in [2.75, 3.05) is 24.6 Å². The Morgan fingerprint density at radius 1 is 1.14 bits per heavy atom. The number of anilines is 1. The molecule has 3 rings (SSSR count). The highest BCUT2D eigenvalue weighted by atomic mass is 35.5. The molecule has 3 amide bonds. The van der Waals surface area contributed by atoms with E-state index in [9.17, 15) is 9.59 Å². The summed E-state index contributed by atoms with van der Waals surface area (Å²) in [6.45, 7) is 4.00. The summed E-state index contributed by atoms with van der Waals surface area (Å²) in [5.74, 6) is 0.936. The van der Waals surface area contributed by atoms with E-state index in [4.69, 9.17) is 16.3 Å². The van der Waals surface area contributed by atoms with Crippen molar-refractivity contribution in [3.05, 3.63) is 59.1 Å². The van der Waals surface area contributed by atoms with E-state index in [2.05, 4.69) is 10.6 Å². The molecule has 7 heteroatoms. The van der Waals surface area contributed by atoms with Crippen LogP contribution in [0, 0.1) is 5.92 Å². The largest absolute Gasteiger partial charge is 0.494 e. The van der Waals surface area contributed by atoms with E-state index in [1.165, 1.54) is 0 Å². The number of benzene rings is 2. The maximum Gasteiger partial charge on any atom is 0.315 e. The van der Waals surface area contributed by atoms with Gasteiger partial charge in [0.25, 0.3) is 0 Å². The molecular weight excluding hydrogens is 378 g/mol. The molecule has 0 radical (unpaired) electrons. The lowest BCUT2D eigenvalue weighted by Crippen LogP contribution is -2.38. The number of urea groups is 1. The van der Waals surface area contributed by atoms with Gasteiger partial charge in [0.1, 0.15) is 5.75 Å². The maximum absolute atomic E-state index is 12.3. The standard InChI is InChI=1S/C21H24ClN3O3/c1-2-28-19-9-7-18(8-10-19)25-14-16(11-20(25)26)13-24-21(27)23-12-15-3-5-17(22)6-4-15/h3-10,16H,2,11-14H2,1H3,(H2,23,24,27)/t16-/m0/s1. The summed E-state index contributed by atoms with van der Waals surface area (Å²) < 4.78 is 5.43. The number of amides is 3. The number of hydrogen-bond donors (Lipinski definition) is 2. The molecule has 1 aliphatic rings. The van der Waals surface area contributed by atoms with Crippen molar-refractivity contribution in [3.63, 3.8) is 0 Å². The molecule has 2 aromatic rings. The molecule has 0 unspecified atom stereocenters. The van der Waals surface area contributed by atoms with E-state index in [1.54, 1.807) is 17.0 Å². The summed E-state index contributed by atoms with van der Waals surface area (Å²) in [6.07, 6.45) is 0.421. The lowest BCUT2D eigenvalue weighted by atomic mass is 10.1. The molecule has 2 N–H and O–H groups in total. The van der Waals surface area contributed by atoms with Gasteiger partial charge in [-0.15, -0.1) is 0 Å². The van der Waals surface area contributed by atoms with Gasteiger partial charge in [-0.1, -0.05) is 23.7 Å². The van der Waals surface area contributed by atoms with Gasteiger partial charge in [0.05, 0.1) is 6.61 Å². The number of nitrogens with one attached hydrogen (secondary N) is 2. The normalized spacial score (nSPS) is 16.1. The molecule has 6 nitrogen and oxygen atoms in total. The molecule has 0 spiro atoms. The van der Waals surface area contributed by atoms with Crippen molar-refractivity contribution in [3.8, 4) is 5.75 Å². The number of carbonyl (C=O) groups excluding carboxylic acids is 2. The summed E-state index contributed by atoms with van der Waals surface area (Å²) in [4.78, 5) is 26.1. The van der Waals surface area contributed by atoms with Crippen LogP contribution in [0.25, 0.3) is 0 Å². The van der Waals surface area contributed by atoms with Gasteiger partial charge >= 0.3 is 6.03 Å². The van der Waals surface area contributed by atoms with Crippen LogP contribution in [-0.2, 0) is 11.3 Å². The van der Waals surface area contributed by atoms with E-state index in [0.29, 0.717) is 37.7 Å². The molecule has 1 fully saturated rings. The molecule has 2 aromatic carbocycles. The first-order chi connectivity index (χ1) is 13.5. The van der Waals surface area contributed by atoms with Crippen LogP contribution < -0.4 is 20.3 Å². The fraction of sp³-hybridized carbons (Fsp3) is 0.333. The summed E-state index contributed by atoms with van der Waals surface area (Å²) in [5, 5.41) is 6.32. The van der Waals surface area contributed by atoms with Crippen molar-refractivity contribution in [2.45, 2.75) is 19.9 Å². The van der Waals surface area contributed by atoms with Crippen LogP contribution in [0.2, 0.25) is 5.02 Å². The topological polar surface area (TPSA) is 70.7 Å². The molecule has 0 saturated carbocycles. The van der Waals surface area contributed by atoms with Crippen LogP contribution >= 0.6 is 11.6 Å². The second-order valence-corrected chi connectivity index (χ2v) is 7.13. The first-order valence-electron chi connectivity index (χ1n) is 9.34. The summed E-state index contributed by atoms with van der Waals surface area (Å²) in [5.41, 5.74) is 1.82. The van der Waals surface area contributed by atoms with Crippen LogP contribution in [0.1, 0.15) is 18.9 Å². The smallest absolute Gasteiger partial charge is 0.315 e. The highest BCUT2D eigenvalue weighted by Crippen LogP contribution is 2.26. The summed E-state index contributed by atoms with van der Waals surface area (Å²) in [7, 11) is 0. The maximum atomic E-state index is 12.3. The number of rotatable bonds is 7. The Hall–Kier alpha value is -2.73. The first kappa shape index (κ1) is 20.0. The fourth-order valence-corrected chi connectivity index (χ4v) is 3.27. The molecule has 0 aliphatic carbocycles. The zero-order valence-corrected chi connectivity index (χ0v) is 16.5. The Bertz CT molecular complexity index is 809. The molecule has 1 heterocycles. The van der Waals surface area contributed by atoms with Gasteiger partial charge < -0.3 is 20.3 Å². The molecule has 28 heavy (non-hydrogen) atoms. The third-order valence-electron chi connectivity index (χ3n) is 4.58. The zero-order chi connectivity index (χ0) is 19.9. The van der Waals surface area contributed by atoms with E-state index < -0.39 is 0 Å². The molecular formula is C21H24ClN3O3. The van der Waals surface area contributed by atoms with Gasteiger partial charge in [-0.05, 0) is 48.9 Å². The second-order valence-electron chi connectivity index (χ2n) is 6.69. The van der Waals surface area contributed by atoms with Crippen LogP contribution in [0.4, 0.5) is 10.5 Å². The second kappa shape index (κ2) is 9.46. The Balaban J connectivity index is 1.44. The Morgan fingerprint density at radius 3 is 2.54 bits per heavy atom. The monoisotopic (exact) mass is 401 g/mol. The van der Waals surface area contributed by atoms with Gasteiger partial charge in [0.15, 0.2) is 0 Å². The van der Waals surface area contributed by atoms with Crippen molar-refractivity contribution in [1.29, 1.82) is 0 Å². The SMILES string of the molecule is CCOc1ccc(N2C[C@H](CNC(=O)NCc3ccc(Cl)cc3)CC2=O)cc1. The predicted octanol–water partition coefficient (Wildman–Crippen LogP) is 3.59. The highest BCUT2D eigenvalue weighted by Gasteiger charge is 2.30. The van der Waals surface area contributed by atoms with Crippen molar-refractivity contribution in [1.82, 2.24) is 10.6 Å². The minimum Gasteiger partial charge on any atom is -0.494 e. The zero-order valence-electron chi connectivity index (χ0n) is 15.8. The first-order valence-corrected chi connectivity index (χ1v) is 9.72. The van der Waals surface area contributed by atoms with Crippen molar-refractivity contribution in [2.24, 2.45) is 5.92 Å². The van der Waals surface area contributed by atoms with Gasteiger partial charge in [0.2, 0.25) is 5.91 Å². The number of carbonyl (C=O) groups is 2. The van der Waals surface area contributed by atoms with E-state index in [0.717, 1.165) is 17.0 Å². The van der Waals surface area contributed by atoms with E-state index in [-0.39, 0.29) is 17.9 Å². The average molecular weight is 402 g/mol. The Labute approximate surface area is 169 Å². The molecule has 1 saturated heterocycles. The minimum absolute atomic E-state index is 0.0672. The number of hydrogen-bond acceptors (Lipinski definition) is 3. The van der Waals surface area contributed by atoms with Gasteiger partial charge in [0, 0.05) is 42.7 Å². The van der Waals surface area contributed by atoms with Gasteiger partial charge in [-0.3, -0.25) is 4.79 Å². The highest BCUT2D eigenvalue weighted by molar-refractivity contribution is 6.30. The summed E-state index contributed by atoms with van der Waals surface area (Å²) in [6, 6.07) is 14.6. The van der Waals surface area contributed by atoms with Crippen LogP contribution in [0.5, 0.6) is 5.75 Å². The van der Waals surface area contributed by atoms with E-state index >= 15 is 0 Å². The van der Waals surface area contributed by atoms with Crippen molar-refractivity contribution < 1.29 is 14.3 Å². The molecule has 0 bridgehead atoms. The molecule has 0 aromatic heterocycles. The third-order valence-corrected chi connectivity index (χ3v) is 4.83. The third kappa shape index (κ3) is 5.39. The van der Waals surface area contributed by atoms with Gasteiger partial charge in [-0.2, -0.15) is 0 Å². The molecule has 148 valence electrons. The van der Waals surface area contributed by atoms with Crippen molar-refractivity contribution >= 4 is 29.2 Å². The quantitative estimate of drug-likeness (QED) is 0.744. The Kier molecular flexibility index (Phi) is 6.76. The predicted molar refractivity (Wildman–Crippen MR) is 110 cm³/mol. The average Bonchev–Trinajstić information content (AvgIpc) is 3.07. The van der Waals surface area contributed by atoms with E-state index in [1.807, 2.05) is 43.3 Å².